The van der Waals surface area contributed by atoms with E-state index in [1.165, 1.54) is 6.20 Å². The van der Waals surface area contributed by atoms with Gasteiger partial charge in [0.2, 0.25) is 0 Å². The Kier molecular flexibility index (Phi) is 6.05. The van der Waals surface area contributed by atoms with Crippen LogP contribution in [0.25, 0.3) is 10.9 Å². The highest BCUT2D eigenvalue weighted by molar-refractivity contribution is 5.99. The number of amides is 1. The van der Waals surface area contributed by atoms with E-state index in [1.54, 1.807) is 19.9 Å². The van der Waals surface area contributed by atoms with Crippen molar-refractivity contribution in [1.29, 1.82) is 0 Å². The van der Waals surface area contributed by atoms with E-state index in [1.807, 2.05) is 24.3 Å². The van der Waals surface area contributed by atoms with Crippen molar-refractivity contribution in [2.24, 2.45) is 5.92 Å². The third-order valence-electron chi connectivity index (χ3n) is 3.73. The Labute approximate surface area is 145 Å². The second-order valence-corrected chi connectivity index (χ2v) is 5.67. The van der Waals surface area contributed by atoms with Crippen molar-refractivity contribution in [2.75, 3.05) is 6.61 Å². The van der Waals surface area contributed by atoms with Crippen molar-refractivity contribution in [3.8, 4) is 0 Å². The number of rotatable bonds is 7. The van der Waals surface area contributed by atoms with Crippen LogP contribution in [0.3, 0.4) is 0 Å². The zero-order chi connectivity index (χ0) is 18.4. The van der Waals surface area contributed by atoms with Crippen LogP contribution in [0.5, 0.6) is 0 Å². The molecule has 0 radical (unpaired) electrons. The van der Waals surface area contributed by atoms with Crippen molar-refractivity contribution in [2.45, 2.75) is 26.3 Å². The van der Waals surface area contributed by atoms with Gasteiger partial charge in [-0.25, -0.2) is 4.79 Å². The fourth-order valence-corrected chi connectivity index (χ4v) is 2.39. The Bertz CT molecular complexity index is 790. The molecule has 0 fully saturated rings. The van der Waals surface area contributed by atoms with Gasteiger partial charge in [-0.05, 0) is 25.5 Å². The molecule has 0 unspecified atom stereocenters. The number of carboxylic acids is 1. The number of pyridine rings is 1. The molecule has 2 aromatic rings. The van der Waals surface area contributed by atoms with Crippen molar-refractivity contribution in [3.63, 3.8) is 0 Å². The van der Waals surface area contributed by atoms with Crippen LogP contribution in [0.2, 0.25) is 0 Å². The lowest BCUT2D eigenvalue weighted by atomic mass is 10.0. The van der Waals surface area contributed by atoms with Crippen molar-refractivity contribution < 1.29 is 24.2 Å². The van der Waals surface area contributed by atoms with Gasteiger partial charge in [-0.1, -0.05) is 25.1 Å². The summed E-state index contributed by atoms with van der Waals surface area (Å²) in [6.07, 6.45) is 1.34. The molecule has 0 aliphatic heterocycles. The summed E-state index contributed by atoms with van der Waals surface area (Å²) in [5.74, 6) is -2.90. The van der Waals surface area contributed by atoms with Gasteiger partial charge in [-0.15, -0.1) is 0 Å². The van der Waals surface area contributed by atoms with Crippen LogP contribution in [0, 0.1) is 5.92 Å². The summed E-state index contributed by atoms with van der Waals surface area (Å²) in [6.45, 7) is 3.46. The third-order valence-corrected chi connectivity index (χ3v) is 3.73. The average molecular weight is 344 g/mol. The number of aromatic nitrogens is 1. The predicted molar refractivity (Wildman–Crippen MR) is 91.0 cm³/mol. The lowest BCUT2D eigenvalue weighted by Gasteiger charge is -2.18. The smallest absolute Gasteiger partial charge is 0.326 e. The molecule has 2 N–H and O–H groups in total. The van der Waals surface area contributed by atoms with Crippen LogP contribution in [0.4, 0.5) is 0 Å². The number of carboxylic acid groups (broad SMARTS) is 1. The number of para-hydroxylation sites is 1. The molecule has 0 aliphatic rings. The minimum atomic E-state index is -1.21. The SMILES string of the molecule is CCOC(=O)[C@H](C)C[C@H](NC(=O)c1cnc2ccccc2c1)C(=O)O. The molecule has 1 aromatic heterocycles. The van der Waals surface area contributed by atoms with Crippen LogP contribution in [0.1, 0.15) is 30.6 Å². The predicted octanol–water partition coefficient (Wildman–Crippen LogP) is 2.01. The van der Waals surface area contributed by atoms with E-state index in [0.29, 0.717) is 0 Å². The molecule has 1 amide bonds. The molecule has 7 nitrogen and oxygen atoms in total. The molecular formula is C18H20N2O5. The van der Waals surface area contributed by atoms with E-state index in [4.69, 9.17) is 4.74 Å². The fraction of sp³-hybridized carbons (Fsp3) is 0.333. The van der Waals surface area contributed by atoms with Crippen LogP contribution >= 0.6 is 0 Å². The first-order valence-corrected chi connectivity index (χ1v) is 7.97. The largest absolute Gasteiger partial charge is 0.480 e. The molecule has 25 heavy (non-hydrogen) atoms. The van der Waals surface area contributed by atoms with Gasteiger partial charge < -0.3 is 15.2 Å². The normalized spacial score (nSPS) is 13.0. The van der Waals surface area contributed by atoms with Crippen molar-refractivity contribution in [3.05, 3.63) is 42.1 Å². The fourth-order valence-electron chi connectivity index (χ4n) is 2.39. The third kappa shape index (κ3) is 4.76. The second kappa shape index (κ2) is 8.23. The molecule has 7 heteroatoms. The van der Waals surface area contributed by atoms with Gasteiger partial charge in [0.15, 0.2) is 0 Å². The van der Waals surface area contributed by atoms with E-state index in [-0.39, 0.29) is 18.6 Å². The quantitative estimate of drug-likeness (QED) is 0.744. The van der Waals surface area contributed by atoms with E-state index in [9.17, 15) is 19.5 Å². The maximum Gasteiger partial charge on any atom is 0.326 e. The van der Waals surface area contributed by atoms with Gasteiger partial charge in [0.05, 0.1) is 23.6 Å². The second-order valence-electron chi connectivity index (χ2n) is 5.67. The highest BCUT2D eigenvalue weighted by Crippen LogP contribution is 2.14. The van der Waals surface area contributed by atoms with Gasteiger partial charge in [0.1, 0.15) is 6.04 Å². The summed E-state index contributed by atoms with van der Waals surface area (Å²) in [4.78, 5) is 39.6. The van der Waals surface area contributed by atoms with Crippen LogP contribution in [-0.4, -0.2) is 40.6 Å². The Morgan fingerprint density at radius 3 is 2.68 bits per heavy atom. The Hall–Kier alpha value is -2.96. The minimum absolute atomic E-state index is 0.0546. The molecule has 0 spiro atoms. The number of nitrogens with one attached hydrogen (secondary N) is 1. The molecule has 0 aliphatic carbocycles. The Morgan fingerprint density at radius 1 is 1.28 bits per heavy atom. The molecule has 0 bridgehead atoms. The molecule has 0 saturated heterocycles. The summed E-state index contributed by atoms with van der Waals surface area (Å²) in [5.41, 5.74) is 0.999. The number of hydrogen-bond donors (Lipinski definition) is 2. The highest BCUT2D eigenvalue weighted by Gasteiger charge is 2.27. The van der Waals surface area contributed by atoms with Crippen molar-refractivity contribution in [1.82, 2.24) is 10.3 Å². The summed E-state index contributed by atoms with van der Waals surface area (Å²) < 4.78 is 4.87. The lowest BCUT2D eigenvalue weighted by molar-refractivity contribution is -0.148. The summed E-state index contributed by atoms with van der Waals surface area (Å²) in [5, 5.41) is 12.5. The number of hydrogen-bond acceptors (Lipinski definition) is 5. The van der Waals surface area contributed by atoms with Crippen LogP contribution < -0.4 is 5.32 Å². The van der Waals surface area contributed by atoms with E-state index in [2.05, 4.69) is 10.3 Å². The molecule has 1 heterocycles. The van der Waals surface area contributed by atoms with Crippen LogP contribution in [0.15, 0.2) is 36.5 Å². The van der Waals surface area contributed by atoms with Gasteiger partial charge in [0, 0.05) is 11.6 Å². The van der Waals surface area contributed by atoms with E-state index < -0.39 is 29.8 Å². The molecule has 2 atom stereocenters. The molecule has 0 saturated carbocycles. The zero-order valence-corrected chi connectivity index (χ0v) is 14.1. The molecular weight excluding hydrogens is 324 g/mol. The van der Waals surface area contributed by atoms with Crippen molar-refractivity contribution >= 4 is 28.7 Å². The van der Waals surface area contributed by atoms with Gasteiger partial charge in [-0.3, -0.25) is 14.6 Å². The summed E-state index contributed by atoms with van der Waals surface area (Å²) >= 11 is 0. The first kappa shape index (κ1) is 18.4. The number of carbonyl (C=O) groups excluding carboxylic acids is 2. The number of benzene rings is 1. The Balaban J connectivity index is 2.10. The standard InChI is InChI=1S/C18H20N2O5/c1-3-25-18(24)11(2)8-15(17(22)23)20-16(21)13-9-12-6-4-5-7-14(12)19-10-13/h4-7,9-11,15H,3,8H2,1-2H3,(H,20,21)(H,22,23)/t11-,15+/m1/s1. The summed E-state index contributed by atoms with van der Waals surface area (Å²) in [6, 6.07) is 7.75. The number of esters is 1. The number of ether oxygens (including phenoxy) is 1. The minimum Gasteiger partial charge on any atom is -0.480 e. The topological polar surface area (TPSA) is 106 Å². The maximum atomic E-state index is 12.3. The summed E-state index contributed by atoms with van der Waals surface area (Å²) in [7, 11) is 0. The number of aliphatic carboxylic acids is 1. The zero-order valence-electron chi connectivity index (χ0n) is 14.1. The van der Waals surface area contributed by atoms with Gasteiger partial charge in [-0.2, -0.15) is 0 Å². The van der Waals surface area contributed by atoms with E-state index >= 15 is 0 Å². The molecule has 132 valence electrons. The number of fused-ring (bicyclic) bond motifs is 1. The first-order chi connectivity index (χ1) is 11.9. The monoisotopic (exact) mass is 344 g/mol. The maximum absolute atomic E-state index is 12.3. The van der Waals surface area contributed by atoms with E-state index in [0.717, 1.165) is 10.9 Å². The molecule has 1 aromatic carbocycles. The average Bonchev–Trinajstić information content (AvgIpc) is 2.60. The first-order valence-electron chi connectivity index (χ1n) is 7.97. The Morgan fingerprint density at radius 2 is 2.00 bits per heavy atom. The number of nitrogens with zero attached hydrogens (tertiary/aromatic N) is 1. The van der Waals surface area contributed by atoms with Gasteiger partial charge >= 0.3 is 11.9 Å². The number of carbonyl (C=O) groups is 3. The molecule has 2 rings (SSSR count). The van der Waals surface area contributed by atoms with Crippen LogP contribution in [-0.2, 0) is 14.3 Å². The lowest BCUT2D eigenvalue weighted by Crippen LogP contribution is -2.42. The highest BCUT2D eigenvalue weighted by atomic mass is 16.5. The van der Waals surface area contributed by atoms with Gasteiger partial charge in [0.25, 0.3) is 5.91 Å².